The van der Waals surface area contributed by atoms with Crippen LogP contribution >= 0.6 is 0 Å². The lowest BCUT2D eigenvalue weighted by Gasteiger charge is -2.31. The first-order valence-corrected chi connectivity index (χ1v) is 7.47. The van der Waals surface area contributed by atoms with Crippen LogP contribution in [0, 0.1) is 0 Å². The van der Waals surface area contributed by atoms with E-state index >= 15 is 0 Å². The van der Waals surface area contributed by atoms with Crippen molar-refractivity contribution in [2.75, 3.05) is 25.6 Å². The number of amides is 2. The van der Waals surface area contributed by atoms with Gasteiger partial charge in [-0.05, 0) is 20.3 Å². The average Bonchev–Trinajstić information content (AvgIpc) is 2.21. The van der Waals surface area contributed by atoms with E-state index < -0.39 is 27.4 Å². The van der Waals surface area contributed by atoms with Crippen molar-refractivity contribution in [1.82, 2.24) is 10.2 Å². The van der Waals surface area contributed by atoms with Gasteiger partial charge in [-0.1, -0.05) is 0 Å². The standard InChI is InChI=1S/C10H20N2O5S/c1-10(2,8(13)14)12(3)9(15)11-6-5-7-18(4,16)17/h5-7H2,1-4H3,(H,11,15)(H,13,14). The minimum Gasteiger partial charge on any atom is -0.480 e. The molecule has 2 N–H and O–H groups in total. The van der Waals surface area contributed by atoms with Crippen LogP contribution in [0.25, 0.3) is 0 Å². The molecule has 0 saturated carbocycles. The number of carboxylic acids is 1. The molecule has 7 nitrogen and oxygen atoms in total. The van der Waals surface area contributed by atoms with E-state index in [1.54, 1.807) is 0 Å². The zero-order chi connectivity index (χ0) is 14.6. The first kappa shape index (κ1) is 16.7. The first-order valence-electron chi connectivity index (χ1n) is 5.41. The van der Waals surface area contributed by atoms with E-state index in [9.17, 15) is 18.0 Å². The molecule has 8 heteroatoms. The molecule has 0 unspecified atom stereocenters. The number of carbonyl (C=O) groups is 2. The second-order valence-electron chi connectivity index (χ2n) is 4.64. The zero-order valence-electron chi connectivity index (χ0n) is 11.1. The van der Waals surface area contributed by atoms with Crippen LogP contribution < -0.4 is 5.32 Å². The topological polar surface area (TPSA) is 104 Å². The Morgan fingerprint density at radius 1 is 1.33 bits per heavy atom. The summed E-state index contributed by atoms with van der Waals surface area (Å²) in [6, 6.07) is -0.545. The second-order valence-corrected chi connectivity index (χ2v) is 6.90. The highest BCUT2D eigenvalue weighted by atomic mass is 32.2. The lowest BCUT2D eigenvalue weighted by molar-refractivity contribution is -0.146. The van der Waals surface area contributed by atoms with Crippen molar-refractivity contribution in [3.63, 3.8) is 0 Å². The van der Waals surface area contributed by atoms with Crippen LogP contribution in [0.15, 0.2) is 0 Å². The Kier molecular flexibility index (Phi) is 5.59. The Balaban J connectivity index is 4.23. The first-order chi connectivity index (χ1) is 7.98. The van der Waals surface area contributed by atoms with E-state index in [0.717, 1.165) is 11.2 Å². The van der Waals surface area contributed by atoms with Crippen LogP contribution in [0.1, 0.15) is 20.3 Å². The molecular formula is C10H20N2O5S. The number of nitrogens with one attached hydrogen (secondary N) is 1. The van der Waals surface area contributed by atoms with E-state index in [0.29, 0.717) is 6.42 Å². The SMILES string of the molecule is CN(C(=O)NCCCS(C)(=O)=O)C(C)(C)C(=O)O. The minimum absolute atomic E-state index is 0.0146. The molecule has 0 aromatic rings. The Morgan fingerprint density at radius 2 is 1.83 bits per heavy atom. The van der Waals surface area contributed by atoms with Crippen molar-refractivity contribution in [3.05, 3.63) is 0 Å². The number of rotatable bonds is 6. The van der Waals surface area contributed by atoms with Crippen LogP contribution in [-0.4, -0.2) is 61.6 Å². The van der Waals surface area contributed by atoms with Gasteiger partial charge in [-0.3, -0.25) is 0 Å². The number of sulfone groups is 1. The summed E-state index contributed by atoms with van der Waals surface area (Å²) in [4.78, 5) is 23.6. The lowest BCUT2D eigenvalue weighted by atomic mass is 10.1. The second kappa shape index (κ2) is 6.03. The molecule has 18 heavy (non-hydrogen) atoms. The Bertz CT molecular complexity index is 416. The molecule has 0 saturated heterocycles. The van der Waals surface area contributed by atoms with E-state index in [1.807, 2.05) is 0 Å². The largest absolute Gasteiger partial charge is 0.480 e. The van der Waals surface area contributed by atoms with E-state index in [4.69, 9.17) is 5.11 Å². The van der Waals surface area contributed by atoms with Crippen LogP contribution in [0.2, 0.25) is 0 Å². The third kappa shape index (κ3) is 5.35. The van der Waals surface area contributed by atoms with E-state index in [-0.39, 0.29) is 12.3 Å². The van der Waals surface area contributed by atoms with Gasteiger partial charge in [-0.15, -0.1) is 0 Å². The summed E-state index contributed by atoms with van der Waals surface area (Å²) >= 11 is 0. The summed E-state index contributed by atoms with van der Waals surface area (Å²) in [7, 11) is -1.67. The maximum Gasteiger partial charge on any atom is 0.329 e. The summed E-state index contributed by atoms with van der Waals surface area (Å²) in [6.07, 6.45) is 1.42. The van der Waals surface area contributed by atoms with Gasteiger partial charge in [-0.2, -0.15) is 0 Å². The molecule has 0 aromatic carbocycles. The number of hydrogen-bond donors (Lipinski definition) is 2. The fourth-order valence-corrected chi connectivity index (χ4v) is 1.71. The van der Waals surface area contributed by atoms with Crippen molar-refractivity contribution < 1.29 is 23.1 Å². The molecule has 0 bridgehead atoms. The predicted molar refractivity (Wildman–Crippen MR) is 67.2 cm³/mol. The molecule has 0 aliphatic carbocycles. The van der Waals surface area contributed by atoms with Crippen molar-refractivity contribution >= 4 is 21.8 Å². The number of likely N-dealkylation sites (N-methyl/N-ethyl adjacent to an activating group) is 1. The number of aliphatic carboxylic acids is 1. The summed E-state index contributed by atoms with van der Waals surface area (Å²) in [6.45, 7) is 3.00. The van der Waals surface area contributed by atoms with Gasteiger partial charge < -0.3 is 15.3 Å². The molecule has 0 aliphatic rings. The highest BCUT2D eigenvalue weighted by molar-refractivity contribution is 7.90. The third-order valence-electron chi connectivity index (χ3n) is 2.63. The molecule has 0 heterocycles. The maximum atomic E-state index is 11.6. The molecule has 0 radical (unpaired) electrons. The summed E-state index contributed by atoms with van der Waals surface area (Å²) in [5.41, 5.74) is -1.32. The Hall–Kier alpha value is -1.31. The molecule has 0 fully saturated rings. The number of carboxylic acid groups (broad SMARTS) is 1. The molecule has 2 amide bonds. The molecule has 0 aromatic heterocycles. The molecule has 106 valence electrons. The van der Waals surface area contributed by atoms with Gasteiger partial charge in [0.15, 0.2) is 0 Å². The fourth-order valence-electron chi connectivity index (χ4n) is 1.05. The molecule has 0 aliphatic heterocycles. The minimum atomic E-state index is -3.04. The van der Waals surface area contributed by atoms with E-state index in [1.165, 1.54) is 20.9 Å². The molecule has 0 atom stereocenters. The van der Waals surface area contributed by atoms with Crippen molar-refractivity contribution in [3.8, 4) is 0 Å². The van der Waals surface area contributed by atoms with Gasteiger partial charge in [0, 0.05) is 19.8 Å². The van der Waals surface area contributed by atoms with Crippen molar-refractivity contribution in [2.45, 2.75) is 25.8 Å². The van der Waals surface area contributed by atoms with Gasteiger partial charge in [0.05, 0.1) is 5.75 Å². The third-order valence-corrected chi connectivity index (χ3v) is 3.66. The van der Waals surface area contributed by atoms with Gasteiger partial charge in [0.2, 0.25) is 0 Å². The molecular weight excluding hydrogens is 260 g/mol. The predicted octanol–water partition coefficient (Wildman–Crippen LogP) is -0.0743. The fraction of sp³-hybridized carbons (Fsp3) is 0.800. The monoisotopic (exact) mass is 280 g/mol. The van der Waals surface area contributed by atoms with E-state index in [2.05, 4.69) is 5.32 Å². The molecule has 0 rings (SSSR count). The lowest BCUT2D eigenvalue weighted by Crippen LogP contribution is -2.54. The number of carbonyl (C=O) groups excluding carboxylic acids is 1. The quantitative estimate of drug-likeness (QED) is 0.663. The van der Waals surface area contributed by atoms with Crippen LogP contribution in [-0.2, 0) is 14.6 Å². The van der Waals surface area contributed by atoms with Crippen molar-refractivity contribution in [1.29, 1.82) is 0 Å². The van der Waals surface area contributed by atoms with Crippen LogP contribution in [0.4, 0.5) is 4.79 Å². The molecule has 0 spiro atoms. The summed E-state index contributed by atoms with van der Waals surface area (Å²) < 4.78 is 21.7. The van der Waals surface area contributed by atoms with Crippen LogP contribution in [0.5, 0.6) is 0 Å². The van der Waals surface area contributed by atoms with Crippen molar-refractivity contribution in [2.24, 2.45) is 0 Å². The Morgan fingerprint density at radius 3 is 2.22 bits per heavy atom. The zero-order valence-corrected chi connectivity index (χ0v) is 11.9. The highest BCUT2D eigenvalue weighted by Crippen LogP contribution is 2.12. The normalized spacial score (nSPS) is 12.0. The summed E-state index contributed by atoms with van der Waals surface area (Å²) in [5, 5.41) is 11.4. The highest BCUT2D eigenvalue weighted by Gasteiger charge is 2.34. The number of hydrogen-bond acceptors (Lipinski definition) is 4. The average molecular weight is 280 g/mol. The van der Waals surface area contributed by atoms with Crippen LogP contribution in [0.3, 0.4) is 0 Å². The Labute approximate surface area is 107 Å². The number of nitrogens with zero attached hydrogens (tertiary/aromatic N) is 1. The smallest absolute Gasteiger partial charge is 0.329 e. The van der Waals surface area contributed by atoms with Gasteiger partial charge in [-0.25, -0.2) is 18.0 Å². The summed E-state index contributed by atoms with van der Waals surface area (Å²) in [5.74, 6) is -1.13. The maximum absolute atomic E-state index is 11.6. The number of urea groups is 1. The van der Waals surface area contributed by atoms with Gasteiger partial charge in [0.25, 0.3) is 0 Å². The van der Waals surface area contributed by atoms with Gasteiger partial charge in [0.1, 0.15) is 15.4 Å². The van der Waals surface area contributed by atoms with Gasteiger partial charge >= 0.3 is 12.0 Å².